The summed E-state index contributed by atoms with van der Waals surface area (Å²) in [6, 6.07) is 14.2. The number of pyridine rings is 1. The van der Waals surface area contributed by atoms with Gasteiger partial charge in [-0.3, -0.25) is 9.78 Å². The van der Waals surface area contributed by atoms with Crippen molar-refractivity contribution in [2.75, 3.05) is 6.54 Å². The van der Waals surface area contributed by atoms with Crippen molar-refractivity contribution >= 4 is 16.8 Å². The molecule has 1 aromatic carbocycles. The van der Waals surface area contributed by atoms with Gasteiger partial charge in [-0.25, -0.2) is 0 Å². The van der Waals surface area contributed by atoms with Crippen LogP contribution in [0.4, 0.5) is 0 Å². The van der Waals surface area contributed by atoms with Crippen LogP contribution in [0.3, 0.4) is 0 Å². The summed E-state index contributed by atoms with van der Waals surface area (Å²) in [5.74, 6) is 0.720. The van der Waals surface area contributed by atoms with Gasteiger partial charge in [-0.1, -0.05) is 43.5 Å². The lowest BCUT2D eigenvalue weighted by molar-refractivity contribution is 0.0689. The van der Waals surface area contributed by atoms with Crippen molar-refractivity contribution in [1.82, 2.24) is 14.5 Å². The zero-order valence-electron chi connectivity index (χ0n) is 16.0. The zero-order chi connectivity index (χ0) is 18.6. The fraction of sp³-hybridized carbons (Fsp3) is 0.391. The number of fused-ring (bicyclic) bond motifs is 1. The van der Waals surface area contributed by atoms with Crippen LogP contribution in [0.1, 0.15) is 48.2 Å². The molecular formula is C23H27N3O. The van der Waals surface area contributed by atoms with E-state index in [1.165, 1.54) is 32.1 Å². The first-order valence-corrected chi connectivity index (χ1v) is 9.95. The van der Waals surface area contributed by atoms with E-state index in [2.05, 4.69) is 23.2 Å². The highest BCUT2D eigenvalue weighted by Crippen LogP contribution is 2.26. The molecule has 1 amide bonds. The normalized spacial score (nSPS) is 15.1. The lowest BCUT2D eigenvalue weighted by Crippen LogP contribution is -2.36. The third-order valence-corrected chi connectivity index (χ3v) is 5.76. The van der Waals surface area contributed by atoms with E-state index in [-0.39, 0.29) is 5.91 Å². The molecule has 0 aliphatic heterocycles. The molecule has 4 heteroatoms. The maximum Gasteiger partial charge on any atom is 0.270 e. The van der Waals surface area contributed by atoms with Crippen LogP contribution in [0, 0.1) is 5.92 Å². The molecule has 1 saturated carbocycles. The number of aryl methyl sites for hydroxylation is 1. The van der Waals surface area contributed by atoms with Crippen LogP contribution in [-0.4, -0.2) is 26.9 Å². The van der Waals surface area contributed by atoms with Gasteiger partial charge in [-0.15, -0.1) is 0 Å². The molecule has 0 unspecified atom stereocenters. The summed E-state index contributed by atoms with van der Waals surface area (Å²) in [4.78, 5) is 19.8. The molecule has 0 spiro atoms. The average molecular weight is 361 g/mol. The van der Waals surface area contributed by atoms with Crippen LogP contribution in [0.5, 0.6) is 0 Å². The lowest BCUT2D eigenvalue weighted by atomic mass is 9.89. The van der Waals surface area contributed by atoms with Gasteiger partial charge in [-0.05, 0) is 42.5 Å². The van der Waals surface area contributed by atoms with Crippen LogP contribution in [-0.2, 0) is 13.6 Å². The summed E-state index contributed by atoms with van der Waals surface area (Å²) in [6.45, 7) is 1.44. The Kier molecular flexibility index (Phi) is 5.23. The van der Waals surface area contributed by atoms with Crippen molar-refractivity contribution in [3.8, 4) is 0 Å². The monoisotopic (exact) mass is 361 g/mol. The molecule has 0 atom stereocenters. The van der Waals surface area contributed by atoms with Gasteiger partial charge < -0.3 is 9.47 Å². The molecule has 3 aromatic rings. The SMILES string of the molecule is Cn1c(C(=O)N(Cc2cccnc2)CC2CCCCC2)cc2ccccc21. The van der Waals surface area contributed by atoms with Crippen LogP contribution >= 0.6 is 0 Å². The number of benzene rings is 1. The van der Waals surface area contributed by atoms with E-state index in [0.29, 0.717) is 12.5 Å². The zero-order valence-corrected chi connectivity index (χ0v) is 16.0. The number of rotatable bonds is 5. The standard InChI is InChI=1S/C23H27N3O/c1-25-21-12-6-5-11-20(21)14-22(25)23(27)26(16-18-8-3-2-4-9-18)17-19-10-7-13-24-15-19/h5-7,10-15,18H,2-4,8-9,16-17H2,1H3. The van der Waals surface area contributed by atoms with Crippen LogP contribution in [0.25, 0.3) is 10.9 Å². The largest absolute Gasteiger partial charge is 0.340 e. The van der Waals surface area contributed by atoms with E-state index in [1.54, 1.807) is 6.20 Å². The second kappa shape index (κ2) is 7.95. The second-order valence-electron chi connectivity index (χ2n) is 7.70. The number of nitrogens with zero attached hydrogens (tertiary/aromatic N) is 3. The quantitative estimate of drug-likeness (QED) is 0.655. The summed E-state index contributed by atoms with van der Waals surface area (Å²) in [5.41, 5.74) is 2.94. The lowest BCUT2D eigenvalue weighted by Gasteiger charge is -2.30. The highest BCUT2D eigenvalue weighted by molar-refractivity contribution is 5.98. The minimum Gasteiger partial charge on any atom is -0.340 e. The highest BCUT2D eigenvalue weighted by atomic mass is 16.2. The second-order valence-corrected chi connectivity index (χ2v) is 7.70. The Hall–Kier alpha value is -2.62. The summed E-state index contributed by atoms with van der Waals surface area (Å²) >= 11 is 0. The highest BCUT2D eigenvalue weighted by Gasteiger charge is 2.24. The van der Waals surface area contributed by atoms with Crippen molar-refractivity contribution in [2.24, 2.45) is 13.0 Å². The van der Waals surface area contributed by atoms with Crippen LogP contribution in [0.15, 0.2) is 54.9 Å². The molecule has 2 aromatic heterocycles. The molecule has 1 aliphatic rings. The number of aromatic nitrogens is 2. The molecule has 0 bridgehead atoms. The molecule has 2 heterocycles. The molecular weight excluding hydrogens is 334 g/mol. The first-order valence-electron chi connectivity index (χ1n) is 9.95. The summed E-state index contributed by atoms with van der Waals surface area (Å²) in [7, 11) is 1.98. The minimum atomic E-state index is 0.114. The van der Waals surface area contributed by atoms with Gasteiger partial charge in [0.1, 0.15) is 5.69 Å². The van der Waals surface area contributed by atoms with E-state index in [9.17, 15) is 4.79 Å². The maximum atomic E-state index is 13.5. The van der Waals surface area contributed by atoms with Gasteiger partial charge in [0, 0.05) is 43.4 Å². The van der Waals surface area contributed by atoms with Gasteiger partial charge >= 0.3 is 0 Å². The Morgan fingerprint density at radius 1 is 1.15 bits per heavy atom. The van der Waals surface area contributed by atoms with Crippen molar-refractivity contribution in [2.45, 2.75) is 38.6 Å². The Morgan fingerprint density at radius 2 is 1.96 bits per heavy atom. The third-order valence-electron chi connectivity index (χ3n) is 5.76. The number of hydrogen-bond acceptors (Lipinski definition) is 2. The predicted octanol–water partition coefficient (Wildman–Crippen LogP) is 4.80. The summed E-state index contributed by atoms with van der Waals surface area (Å²) in [6.07, 6.45) is 10.00. The van der Waals surface area contributed by atoms with Crippen LogP contribution < -0.4 is 0 Å². The summed E-state index contributed by atoms with van der Waals surface area (Å²) in [5, 5.41) is 1.11. The first kappa shape index (κ1) is 17.8. The molecule has 1 fully saturated rings. The van der Waals surface area contributed by atoms with Gasteiger partial charge in [0.25, 0.3) is 5.91 Å². The summed E-state index contributed by atoms with van der Waals surface area (Å²) < 4.78 is 2.02. The average Bonchev–Trinajstić information content (AvgIpc) is 3.05. The Morgan fingerprint density at radius 3 is 2.70 bits per heavy atom. The molecule has 140 valence electrons. The van der Waals surface area contributed by atoms with E-state index in [1.807, 2.05) is 47.0 Å². The number of carbonyl (C=O) groups is 1. The fourth-order valence-corrected chi connectivity index (χ4v) is 4.27. The van der Waals surface area contributed by atoms with Gasteiger partial charge in [0.15, 0.2) is 0 Å². The molecule has 0 radical (unpaired) electrons. The number of carbonyl (C=O) groups excluding carboxylic acids is 1. The van der Waals surface area contributed by atoms with Gasteiger partial charge in [0.2, 0.25) is 0 Å². The fourth-order valence-electron chi connectivity index (χ4n) is 4.27. The number of para-hydroxylation sites is 1. The molecule has 27 heavy (non-hydrogen) atoms. The molecule has 4 rings (SSSR count). The number of amides is 1. The number of hydrogen-bond donors (Lipinski definition) is 0. The third kappa shape index (κ3) is 3.90. The van der Waals surface area contributed by atoms with Crippen molar-refractivity contribution < 1.29 is 4.79 Å². The smallest absolute Gasteiger partial charge is 0.270 e. The van der Waals surface area contributed by atoms with Gasteiger partial charge in [0.05, 0.1) is 0 Å². The Bertz CT molecular complexity index is 910. The van der Waals surface area contributed by atoms with Crippen molar-refractivity contribution in [3.05, 3.63) is 66.1 Å². The molecule has 0 saturated heterocycles. The van der Waals surface area contributed by atoms with E-state index >= 15 is 0 Å². The van der Waals surface area contributed by atoms with Crippen LogP contribution in [0.2, 0.25) is 0 Å². The molecule has 1 aliphatic carbocycles. The Labute approximate surface area is 160 Å². The minimum absolute atomic E-state index is 0.114. The molecule has 4 nitrogen and oxygen atoms in total. The van der Waals surface area contributed by atoms with Gasteiger partial charge in [-0.2, -0.15) is 0 Å². The van der Waals surface area contributed by atoms with E-state index < -0.39 is 0 Å². The van der Waals surface area contributed by atoms with E-state index in [0.717, 1.165) is 28.7 Å². The maximum absolute atomic E-state index is 13.5. The van der Waals surface area contributed by atoms with Crippen molar-refractivity contribution in [1.29, 1.82) is 0 Å². The molecule has 0 N–H and O–H groups in total. The first-order chi connectivity index (χ1) is 13.2. The van der Waals surface area contributed by atoms with E-state index in [4.69, 9.17) is 0 Å². The predicted molar refractivity (Wildman–Crippen MR) is 108 cm³/mol. The Balaban J connectivity index is 1.63. The topological polar surface area (TPSA) is 38.1 Å². The van der Waals surface area contributed by atoms with Crippen molar-refractivity contribution in [3.63, 3.8) is 0 Å².